The van der Waals surface area contributed by atoms with Crippen LogP contribution in [0.1, 0.15) is 0 Å². The third-order valence-corrected chi connectivity index (χ3v) is 4.05. The summed E-state index contributed by atoms with van der Waals surface area (Å²) in [6, 6.07) is 7.71. The maximum absolute atomic E-state index is 10.4. The molecule has 1 nitrogen and oxygen atoms in total. The van der Waals surface area contributed by atoms with Crippen LogP contribution >= 0.6 is 22.6 Å². The van der Waals surface area contributed by atoms with Crippen LogP contribution in [0.25, 0.3) is 0 Å². The van der Waals surface area contributed by atoms with Crippen LogP contribution in [0, 0.1) is 3.57 Å². The molecule has 0 amide bonds. The Morgan fingerprint density at radius 1 is 1.33 bits per heavy atom. The molecule has 0 N–H and O–H groups in total. The SMILES string of the molecule is O=[As]c1ccccc1I. The molecule has 1 rings (SSSR count). The standard InChI is InChI=1S/C6H4AsIO/c8-6-4-2-1-3-5(6)7-9/h1-4H. The number of rotatable bonds is 1. The van der Waals surface area contributed by atoms with E-state index in [0.29, 0.717) is 0 Å². The van der Waals surface area contributed by atoms with Crippen LogP contribution in [0.3, 0.4) is 0 Å². The van der Waals surface area contributed by atoms with Gasteiger partial charge in [-0.25, -0.2) is 0 Å². The van der Waals surface area contributed by atoms with Gasteiger partial charge in [-0.05, 0) is 0 Å². The molecule has 0 radical (unpaired) electrons. The Kier molecular flexibility index (Phi) is 2.86. The molecule has 9 heavy (non-hydrogen) atoms. The maximum atomic E-state index is 10.4. The molecule has 1 aromatic carbocycles. The summed E-state index contributed by atoms with van der Waals surface area (Å²) in [5.41, 5.74) is 0. The van der Waals surface area contributed by atoms with E-state index in [1.165, 1.54) is 0 Å². The van der Waals surface area contributed by atoms with E-state index in [-0.39, 0.29) is 0 Å². The summed E-state index contributed by atoms with van der Waals surface area (Å²) in [5.74, 6) is 0. The molecule has 0 bridgehead atoms. The summed E-state index contributed by atoms with van der Waals surface area (Å²) in [5, 5.41) is 0. The third kappa shape index (κ3) is 1.87. The van der Waals surface area contributed by atoms with Gasteiger partial charge in [0, 0.05) is 0 Å². The van der Waals surface area contributed by atoms with E-state index in [1.807, 2.05) is 24.3 Å². The molecule has 0 aromatic heterocycles. The van der Waals surface area contributed by atoms with E-state index in [9.17, 15) is 3.74 Å². The van der Waals surface area contributed by atoms with Gasteiger partial charge in [-0.1, -0.05) is 0 Å². The second-order valence-electron chi connectivity index (χ2n) is 1.54. The summed E-state index contributed by atoms with van der Waals surface area (Å²) < 4.78 is 12.5. The number of benzene rings is 1. The van der Waals surface area contributed by atoms with Crippen LogP contribution in [-0.4, -0.2) is 15.7 Å². The Morgan fingerprint density at radius 2 is 2.00 bits per heavy atom. The molecule has 0 spiro atoms. The molecule has 0 saturated carbocycles. The van der Waals surface area contributed by atoms with Crippen LogP contribution in [-0.2, 0) is 3.74 Å². The molecule has 46 valence electrons. The van der Waals surface area contributed by atoms with Gasteiger partial charge in [-0.3, -0.25) is 0 Å². The van der Waals surface area contributed by atoms with Gasteiger partial charge in [-0.15, -0.1) is 0 Å². The second kappa shape index (κ2) is 3.47. The quantitative estimate of drug-likeness (QED) is 0.557. The van der Waals surface area contributed by atoms with Gasteiger partial charge in [-0.2, -0.15) is 0 Å². The van der Waals surface area contributed by atoms with Crippen molar-refractivity contribution in [1.82, 2.24) is 0 Å². The summed E-state index contributed by atoms with van der Waals surface area (Å²) in [6.45, 7) is 0. The minimum atomic E-state index is -0.843. The number of halogens is 1. The molecule has 3 heteroatoms. The fourth-order valence-corrected chi connectivity index (χ4v) is 2.07. The molecule has 0 fully saturated rings. The van der Waals surface area contributed by atoms with Gasteiger partial charge >= 0.3 is 74.2 Å². The zero-order valence-electron chi connectivity index (χ0n) is 4.54. The molecule has 0 unspecified atom stereocenters. The molecular weight excluding hydrogens is 290 g/mol. The molecule has 0 aliphatic carbocycles. The van der Waals surface area contributed by atoms with Crippen LogP contribution in [0.5, 0.6) is 0 Å². The van der Waals surface area contributed by atoms with Crippen LogP contribution in [0.2, 0.25) is 0 Å². The molecular formula is C6H4AsIO. The van der Waals surface area contributed by atoms with Crippen molar-refractivity contribution in [2.45, 2.75) is 0 Å². The van der Waals surface area contributed by atoms with Crippen molar-refractivity contribution in [3.8, 4) is 0 Å². The fraction of sp³-hybridized carbons (Fsp3) is 0. The van der Waals surface area contributed by atoms with Crippen molar-refractivity contribution in [1.29, 1.82) is 0 Å². The Hall–Kier alpha value is 0.308. The van der Waals surface area contributed by atoms with Gasteiger partial charge in [0.1, 0.15) is 0 Å². The van der Waals surface area contributed by atoms with Gasteiger partial charge in [0.05, 0.1) is 0 Å². The molecule has 0 aliphatic rings. The number of hydrogen-bond donors (Lipinski definition) is 0. The molecule has 0 atom stereocenters. The normalized spacial score (nSPS) is 9.89. The Morgan fingerprint density at radius 3 is 2.44 bits per heavy atom. The zero-order valence-corrected chi connectivity index (χ0v) is 8.58. The van der Waals surface area contributed by atoms with Gasteiger partial charge in [0.2, 0.25) is 0 Å². The van der Waals surface area contributed by atoms with Gasteiger partial charge in [0.15, 0.2) is 0 Å². The van der Waals surface area contributed by atoms with Crippen molar-refractivity contribution < 1.29 is 3.74 Å². The zero-order chi connectivity index (χ0) is 6.69. The van der Waals surface area contributed by atoms with Crippen molar-refractivity contribution in [3.05, 3.63) is 27.8 Å². The Balaban J connectivity index is 3.15. The van der Waals surface area contributed by atoms with E-state index in [4.69, 9.17) is 0 Å². The van der Waals surface area contributed by atoms with Gasteiger partial charge in [0.25, 0.3) is 0 Å². The summed E-state index contributed by atoms with van der Waals surface area (Å²) in [6.07, 6.45) is 0. The predicted molar refractivity (Wildman–Crippen MR) is 45.2 cm³/mol. The first-order valence-electron chi connectivity index (χ1n) is 2.42. The first-order valence-corrected chi connectivity index (χ1v) is 5.21. The third-order valence-electron chi connectivity index (χ3n) is 0.951. The monoisotopic (exact) mass is 294 g/mol. The van der Waals surface area contributed by atoms with Crippen LogP contribution in [0.4, 0.5) is 0 Å². The summed E-state index contributed by atoms with van der Waals surface area (Å²) in [7, 11) is 0. The second-order valence-corrected chi connectivity index (χ2v) is 4.10. The summed E-state index contributed by atoms with van der Waals surface area (Å²) in [4.78, 5) is 0. The number of hydrogen-bond acceptors (Lipinski definition) is 1. The molecule has 0 saturated heterocycles. The van der Waals surface area contributed by atoms with Gasteiger partial charge < -0.3 is 0 Å². The first-order chi connectivity index (χ1) is 4.34. The average Bonchev–Trinajstić information content (AvgIpc) is 1.89. The Labute approximate surface area is 73.9 Å². The van der Waals surface area contributed by atoms with E-state index in [2.05, 4.69) is 22.6 Å². The van der Waals surface area contributed by atoms with E-state index in [0.717, 1.165) is 7.92 Å². The van der Waals surface area contributed by atoms with Crippen LogP contribution in [0.15, 0.2) is 24.3 Å². The molecule has 0 aliphatic heterocycles. The topological polar surface area (TPSA) is 17.1 Å². The summed E-state index contributed by atoms with van der Waals surface area (Å²) >= 11 is 1.34. The molecule has 0 heterocycles. The van der Waals surface area contributed by atoms with E-state index >= 15 is 0 Å². The minimum absolute atomic E-state index is 0.843. The van der Waals surface area contributed by atoms with Crippen molar-refractivity contribution in [2.24, 2.45) is 0 Å². The van der Waals surface area contributed by atoms with E-state index in [1.54, 1.807) is 0 Å². The predicted octanol–water partition coefficient (Wildman–Crippen LogP) is 0.966. The first kappa shape index (κ1) is 7.42. The van der Waals surface area contributed by atoms with Crippen molar-refractivity contribution in [3.63, 3.8) is 0 Å². The fourth-order valence-electron chi connectivity index (χ4n) is 0.526. The van der Waals surface area contributed by atoms with E-state index < -0.39 is 15.7 Å². The van der Waals surface area contributed by atoms with Crippen molar-refractivity contribution >= 4 is 42.6 Å². The van der Waals surface area contributed by atoms with Crippen molar-refractivity contribution in [2.75, 3.05) is 0 Å². The molecule has 1 aromatic rings. The van der Waals surface area contributed by atoms with Crippen LogP contribution < -0.4 is 4.35 Å². The Bertz CT molecular complexity index is 224. The average molecular weight is 294 g/mol.